The molecule has 1 N–H and O–H groups in total. The summed E-state index contributed by atoms with van der Waals surface area (Å²) in [5.41, 5.74) is 0. The summed E-state index contributed by atoms with van der Waals surface area (Å²) in [6.45, 7) is 9.51. The fourth-order valence-electron chi connectivity index (χ4n) is 3.91. The number of nitrogens with zero attached hydrogens (tertiary/aromatic N) is 1. The Morgan fingerprint density at radius 1 is 1.11 bits per heavy atom. The molecule has 1 saturated heterocycles. The van der Waals surface area contributed by atoms with Crippen molar-refractivity contribution in [3.8, 4) is 0 Å². The molecule has 2 aliphatic rings. The Kier molecular flexibility index (Phi) is 5.50. The summed E-state index contributed by atoms with van der Waals surface area (Å²) in [5, 5.41) is 3.68. The fourth-order valence-corrected chi connectivity index (χ4v) is 3.91. The van der Waals surface area contributed by atoms with Crippen molar-refractivity contribution in [3.63, 3.8) is 0 Å². The first kappa shape index (κ1) is 14.3. The largest absolute Gasteiger partial charge is 0.311 e. The first-order chi connectivity index (χ1) is 8.74. The van der Waals surface area contributed by atoms with Crippen molar-refractivity contribution in [2.75, 3.05) is 13.1 Å². The number of hydrogen-bond donors (Lipinski definition) is 1. The third kappa shape index (κ3) is 3.48. The smallest absolute Gasteiger partial charge is 0.0196 e. The summed E-state index contributed by atoms with van der Waals surface area (Å²) in [7, 11) is 0. The predicted octanol–water partition coefficient (Wildman–Crippen LogP) is 3.42. The van der Waals surface area contributed by atoms with E-state index in [1.165, 1.54) is 58.0 Å². The summed E-state index contributed by atoms with van der Waals surface area (Å²) in [4.78, 5) is 2.81. The van der Waals surface area contributed by atoms with Gasteiger partial charge in [0.15, 0.2) is 0 Å². The first-order valence-corrected chi connectivity index (χ1v) is 8.23. The molecule has 2 atom stereocenters. The van der Waals surface area contributed by atoms with Crippen molar-refractivity contribution in [2.24, 2.45) is 5.92 Å². The van der Waals surface area contributed by atoms with Crippen molar-refractivity contribution in [1.29, 1.82) is 0 Å². The number of rotatable bonds is 4. The van der Waals surface area contributed by atoms with E-state index in [4.69, 9.17) is 0 Å². The highest BCUT2D eigenvalue weighted by Gasteiger charge is 2.32. The van der Waals surface area contributed by atoms with Crippen molar-refractivity contribution in [2.45, 2.75) is 83.8 Å². The maximum Gasteiger partial charge on any atom is 0.0196 e. The highest BCUT2D eigenvalue weighted by molar-refractivity contribution is 4.89. The van der Waals surface area contributed by atoms with E-state index in [9.17, 15) is 0 Å². The van der Waals surface area contributed by atoms with Crippen molar-refractivity contribution < 1.29 is 0 Å². The molecule has 106 valence electrons. The second-order valence-electron chi connectivity index (χ2n) is 6.52. The summed E-state index contributed by atoms with van der Waals surface area (Å²) in [6, 6.07) is 2.35. The second kappa shape index (κ2) is 6.91. The van der Waals surface area contributed by atoms with Crippen LogP contribution in [0.25, 0.3) is 0 Å². The quantitative estimate of drug-likeness (QED) is 0.825. The van der Waals surface area contributed by atoms with Gasteiger partial charge < -0.3 is 5.32 Å². The third-order valence-corrected chi connectivity index (χ3v) is 5.17. The maximum atomic E-state index is 3.68. The second-order valence-corrected chi connectivity index (χ2v) is 6.52. The molecule has 2 unspecified atom stereocenters. The third-order valence-electron chi connectivity index (χ3n) is 5.17. The van der Waals surface area contributed by atoms with Gasteiger partial charge in [0.2, 0.25) is 0 Å². The van der Waals surface area contributed by atoms with Gasteiger partial charge in [0.1, 0.15) is 0 Å². The van der Waals surface area contributed by atoms with E-state index in [0.717, 1.165) is 24.0 Å². The molecular formula is C16H32N2. The van der Waals surface area contributed by atoms with Crippen LogP contribution in [0.4, 0.5) is 0 Å². The van der Waals surface area contributed by atoms with Gasteiger partial charge in [-0.3, -0.25) is 4.90 Å². The van der Waals surface area contributed by atoms with Crippen LogP contribution in [0.15, 0.2) is 0 Å². The summed E-state index contributed by atoms with van der Waals surface area (Å²) < 4.78 is 0. The zero-order chi connectivity index (χ0) is 13.0. The minimum absolute atomic E-state index is 0.731. The molecule has 0 amide bonds. The molecule has 2 heteroatoms. The normalized spacial score (nSPS) is 38.8. The van der Waals surface area contributed by atoms with Gasteiger partial charge in [-0.05, 0) is 44.9 Å². The van der Waals surface area contributed by atoms with Crippen molar-refractivity contribution >= 4 is 0 Å². The van der Waals surface area contributed by atoms with E-state index < -0.39 is 0 Å². The number of nitrogens with one attached hydrogen (secondary N) is 1. The first-order valence-electron chi connectivity index (χ1n) is 8.23. The average Bonchev–Trinajstić information content (AvgIpc) is 2.41. The molecule has 2 fully saturated rings. The van der Waals surface area contributed by atoms with Crippen molar-refractivity contribution in [1.82, 2.24) is 10.2 Å². The van der Waals surface area contributed by atoms with Gasteiger partial charge in [0.25, 0.3) is 0 Å². The highest BCUT2D eigenvalue weighted by Crippen LogP contribution is 2.31. The van der Waals surface area contributed by atoms with Gasteiger partial charge in [-0.2, -0.15) is 0 Å². The Labute approximate surface area is 114 Å². The topological polar surface area (TPSA) is 15.3 Å². The lowest BCUT2D eigenvalue weighted by molar-refractivity contribution is 0.0589. The Hall–Kier alpha value is -0.0800. The molecule has 1 aliphatic heterocycles. The van der Waals surface area contributed by atoms with Gasteiger partial charge in [0, 0.05) is 31.2 Å². The molecule has 0 aromatic heterocycles. The van der Waals surface area contributed by atoms with Crippen LogP contribution in [0.2, 0.25) is 0 Å². The highest BCUT2D eigenvalue weighted by atomic mass is 15.2. The van der Waals surface area contributed by atoms with Crippen LogP contribution in [0.1, 0.15) is 65.7 Å². The van der Waals surface area contributed by atoms with Gasteiger partial charge >= 0.3 is 0 Å². The molecule has 0 aromatic rings. The number of piperazine rings is 1. The fraction of sp³-hybridized carbons (Fsp3) is 1.00. The zero-order valence-corrected chi connectivity index (χ0v) is 12.6. The molecule has 2 rings (SSSR count). The lowest BCUT2D eigenvalue weighted by Gasteiger charge is -2.45. The van der Waals surface area contributed by atoms with Crippen LogP contribution < -0.4 is 5.32 Å². The minimum Gasteiger partial charge on any atom is -0.311 e. The zero-order valence-electron chi connectivity index (χ0n) is 12.6. The molecule has 0 bridgehead atoms. The van der Waals surface area contributed by atoms with Crippen LogP contribution in [0, 0.1) is 5.92 Å². The monoisotopic (exact) mass is 252 g/mol. The molecule has 1 saturated carbocycles. The molecule has 0 radical (unpaired) electrons. The number of hydrogen-bond acceptors (Lipinski definition) is 2. The van der Waals surface area contributed by atoms with E-state index in [1.54, 1.807) is 0 Å². The van der Waals surface area contributed by atoms with Crippen LogP contribution >= 0.6 is 0 Å². The summed E-state index contributed by atoms with van der Waals surface area (Å²) in [6.07, 6.45) is 9.96. The van der Waals surface area contributed by atoms with E-state index in [-0.39, 0.29) is 0 Å². The molecular weight excluding hydrogens is 220 g/mol. The lowest BCUT2D eigenvalue weighted by atomic mass is 9.82. The Morgan fingerprint density at radius 3 is 2.44 bits per heavy atom. The van der Waals surface area contributed by atoms with Gasteiger partial charge in [0.05, 0.1) is 0 Å². The summed E-state index contributed by atoms with van der Waals surface area (Å²) >= 11 is 0. The van der Waals surface area contributed by atoms with E-state index >= 15 is 0 Å². The van der Waals surface area contributed by atoms with Crippen LogP contribution in [-0.2, 0) is 0 Å². The van der Waals surface area contributed by atoms with Crippen LogP contribution in [0.5, 0.6) is 0 Å². The van der Waals surface area contributed by atoms with Crippen LogP contribution in [-0.4, -0.2) is 36.1 Å². The van der Waals surface area contributed by atoms with Crippen molar-refractivity contribution in [3.05, 3.63) is 0 Å². The average molecular weight is 252 g/mol. The SMILES string of the molecule is CCCC1CCC(N2CC(CC)NCC2C)CC1. The maximum absolute atomic E-state index is 3.68. The van der Waals surface area contributed by atoms with E-state index in [2.05, 4.69) is 31.0 Å². The molecule has 1 heterocycles. The molecule has 0 aromatic carbocycles. The Morgan fingerprint density at radius 2 is 1.83 bits per heavy atom. The molecule has 0 spiro atoms. The molecule has 18 heavy (non-hydrogen) atoms. The van der Waals surface area contributed by atoms with Crippen LogP contribution in [0.3, 0.4) is 0 Å². The Bertz CT molecular complexity index is 233. The van der Waals surface area contributed by atoms with E-state index in [1.807, 2.05) is 0 Å². The standard InChI is InChI=1S/C16H32N2/c1-4-6-14-7-9-16(10-8-14)18-12-15(5-2)17-11-13(18)3/h13-17H,4-12H2,1-3H3. The molecule has 1 aliphatic carbocycles. The molecule has 2 nitrogen and oxygen atoms in total. The minimum atomic E-state index is 0.731. The lowest BCUT2D eigenvalue weighted by Crippen LogP contribution is -2.58. The van der Waals surface area contributed by atoms with Gasteiger partial charge in [-0.15, -0.1) is 0 Å². The summed E-state index contributed by atoms with van der Waals surface area (Å²) in [5.74, 6) is 1.03. The van der Waals surface area contributed by atoms with Gasteiger partial charge in [-0.1, -0.05) is 26.7 Å². The predicted molar refractivity (Wildman–Crippen MR) is 78.9 cm³/mol. The Balaban J connectivity index is 1.83. The van der Waals surface area contributed by atoms with Gasteiger partial charge in [-0.25, -0.2) is 0 Å². The van der Waals surface area contributed by atoms with E-state index in [0.29, 0.717) is 0 Å².